The number of benzene rings is 2. The van der Waals surface area contributed by atoms with Gasteiger partial charge in [0.05, 0.1) is 19.6 Å². The van der Waals surface area contributed by atoms with Crippen molar-refractivity contribution in [1.82, 2.24) is 0 Å². The number of hydrogen-bond acceptors (Lipinski definition) is 7. The highest BCUT2D eigenvalue weighted by atomic mass is 19.1. The lowest BCUT2D eigenvalue weighted by atomic mass is 10.2. The van der Waals surface area contributed by atoms with Gasteiger partial charge in [0.25, 0.3) is 0 Å². The van der Waals surface area contributed by atoms with Crippen LogP contribution in [0.25, 0.3) is 6.08 Å². The van der Waals surface area contributed by atoms with Gasteiger partial charge >= 0.3 is 17.9 Å². The third-order valence-corrected chi connectivity index (χ3v) is 5.08. The number of aryl methyl sites for hydroxylation is 1. The van der Waals surface area contributed by atoms with Crippen LogP contribution < -0.4 is 4.74 Å². The van der Waals surface area contributed by atoms with E-state index in [9.17, 15) is 18.8 Å². The van der Waals surface area contributed by atoms with Gasteiger partial charge in [-0.2, -0.15) is 0 Å². The average Bonchev–Trinajstić information content (AvgIpc) is 2.88. The van der Waals surface area contributed by atoms with Gasteiger partial charge in [0, 0.05) is 11.6 Å². The van der Waals surface area contributed by atoms with Crippen molar-refractivity contribution in [3.8, 4) is 5.75 Å². The molecule has 0 spiro atoms. The van der Waals surface area contributed by atoms with Crippen LogP contribution >= 0.6 is 0 Å². The molecule has 0 unspecified atom stereocenters. The van der Waals surface area contributed by atoms with Gasteiger partial charge in [-0.1, -0.05) is 36.4 Å². The van der Waals surface area contributed by atoms with E-state index < -0.39 is 17.9 Å². The summed E-state index contributed by atoms with van der Waals surface area (Å²) >= 11 is 0. The molecule has 7 nitrogen and oxygen atoms in total. The largest absolute Gasteiger partial charge is 0.490 e. The molecule has 198 valence electrons. The Morgan fingerprint density at radius 3 is 2.14 bits per heavy atom. The number of esters is 3. The summed E-state index contributed by atoms with van der Waals surface area (Å²) in [6, 6.07) is 13.3. The number of unbranched alkanes of at least 4 members (excludes halogenated alkanes) is 3. The molecule has 2 aromatic rings. The van der Waals surface area contributed by atoms with Crippen molar-refractivity contribution in [2.75, 3.05) is 26.4 Å². The van der Waals surface area contributed by atoms with Crippen LogP contribution in [0.2, 0.25) is 0 Å². The molecule has 0 aliphatic rings. The van der Waals surface area contributed by atoms with Gasteiger partial charge in [-0.05, 0) is 68.5 Å². The maximum Gasteiger partial charge on any atom is 0.333 e. The van der Waals surface area contributed by atoms with Crippen molar-refractivity contribution in [2.45, 2.75) is 39.0 Å². The zero-order valence-corrected chi connectivity index (χ0v) is 21.1. The Labute approximate surface area is 216 Å². The smallest absolute Gasteiger partial charge is 0.333 e. The minimum absolute atomic E-state index is 0.0325. The predicted octanol–water partition coefficient (Wildman–Crippen LogP) is 5.36. The zero-order valence-electron chi connectivity index (χ0n) is 21.1. The van der Waals surface area contributed by atoms with E-state index in [1.807, 2.05) is 31.2 Å². The van der Waals surface area contributed by atoms with Crippen LogP contribution in [0.3, 0.4) is 0 Å². The van der Waals surface area contributed by atoms with Crippen molar-refractivity contribution < 1.29 is 37.7 Å². The molecule has 0 amide bonds. The molecular formula is C29H33FO7. The van der Waals surface area contributed by atoms with Crippen LogP contribution in [0, 0.1) is 12.7 Å². The fourth-order valence-corrected chi connectivity index (χ4v) is 3.03. The zero-order chi connectivity index (χ0) is 26.9. The van der Waals surface area contributed by atoms with E-state index in [2.05, 4.69) is 6.58 Å². The highest BCUT2D eigenvalue weighted by Gasteiger charge is 2.14. The summed E-state index contributed by atoms with van der Waals surface area (Å²) in [5.74, 6) is -1.32. The molecule has 8 heteroatoms. The van der Waals surface area contributed by atoms with E-state index >= 15 is 0 Å². The number of carbonyl (C=O) groups excluding carboxylic acids is 3. The molecule has 0 atom stereocenters. The van der Waals surface area contributed by atoms with E-state index in [1.54, 1.807) is 18.2 Å². The molecule has 37 heavy (non-hydrogen) atoms. The standard InChI is InChI=1S/C29H33FO7/c1-22-7-14-26(15-8-22)34-19-20-36-28(32)21-23(2)29(33)37-18-6-4-3-5-17-35-27(31)16-11-24-9-12-25(30)13-10-24/h7-16H,2-6,17-21H2,1H3/b16-11+. The van der Waals surface area contributed by atoms with Gasteiger partial charge in [-0.25, -0.2) is 14.0 Å². The second-order valence-electron chi connectivity index (χ2n) is 8.26. The normalized spacial score (nSPS) is 10.6. The average molecular weight is 513 g/mol. The van der Waals surface area contributed by atoms with Crippen LogP contribution in [0.1, 0.15) is 43.2 Å². The molecule has 0 aliphatic heterocycles. The Morgan fingerprint density at radius 1 is 0.811 bits per heavy atom. The summed E-state index contributed by atoms with van der Waals surface area (Å²) in [7, 11) is 0. The van der Waals surface area contributed by atoms with E-state index in [0.717, 1.165) is 18.4 Å². The predicted molar refractivity (Wildman–Crippen MR) is 137 cm³/mol. The molecule has 0 bridgehead atoms. The Morgan fingerprint density at radius 2 is 1.46 bits per heavy atom. The highest BCUT2D eigenvalue weighted by Crippen LogP contribution is 2.11. The second-order valence-corrected chi connectivity index (χ2v) is 8.26. The number of halogens is 1. The van der Waals surface area contributed by atoms with Gasteiger partial charge < -0.3 is 18.9 Å². The van der Waals surface area contributed by atoms with E-state index in [1.165, 1.54) is 18.2 Å². The first kappa shape index (κ1) is 29.3. The first-order valence-corrected chi connectivity index (χ1v) is 12.1. The number of carbonyl (C=O) groups is 3. The minimum atomic E-state index is -0.630. The summed E-state index contributed by atoms with van der Waals surface area (Å²) in [6.45, 7) is 6.33. The Bertz CT molecular complexity index is 1040. The molecule has 0 N–H and O–H groups in total. The molecule has 0 aromatic heterocycles. The fraction of sp³-hybridized carbons (Fsp3) is 0.345. The monoisotopic (exact) mass is 512 g/mol. The number of rotatable bonds is 16. The summed E-state index contributed by atoms with van der Waals surface area (Å²) in [6.07, 6.45) is 5.51. The third-order valence-electron chi connectivity index (χ3n) is 5.08. The van der Waals surface area contributed by atoms with Crippen molar-refractivity contribution in [3.05, 3.63) is 83.7 Å². The fourth-order valence-electron chi connectivity index (χ4n) is 3.03. The maximum atomic E-state index is 12.9. The van der Waals surface area contributed by atoms with Crippen LogP contribution in [0.15, 0.2) is 66.8 Å². The maximum absolute atomic E-state index is 12.9. The Hall–Kier alpha value is -3.94. The number of ether oxygens (including phenoxy) is 4. The molecule has 0 heterocycles. The number of hydrogen-bond donors (Lipinski definition) is 0. The lowest BCUT2D eigenvalue weighted by Gasteiger charge is -2.09. The van der Waals surface area contributed by atoms with Gasteiger partial charge in [0.15, 0.2) is 0 Å². The van der Waals surface area contributed by atoms with Crippen molar-refractivity contribution in [1.29, 1.82) is 0 Å². The third kappa shape index (κ3) is 13.1. The van der Waals surface area contributed by atoms with Crippen LogP contribution in [-0.4, -0.2) is 44.3 Å². The first-order chi connectivity index (χ1) is 17.8. The highest BCUT2D eigenvalue weighted by molar-refractivity contribution is 5.93. The van der Waals surface area contributed by atoms with Crippen LogP contribution in [0.5, 0.6) is 5.75 Å². The summed E-state index contributed by atoms with van der Waals surface area (Å²) < 4.78 is 33.6. The molecule has 0 radical (unpaired) electrons. The quantitative estimate of drug-likeness (QED) is 0.129. The van der Waals surface area contributed by atoms with Crippen LogP contribution in [-0.2, 0) is 28.6 Å². The first-order valence-electron chi connectivity index (χ1n) is 12.1. The molecule has 0 saturated carbocycles. The summed E-state index contributed by atoms with van der Waals surface area (Å²) in [5, 5.41) is 0. The summed E-state index contributed by atoms with van der Waals surface area (Å²) in [4.78, 5) is 35.5. The lowest BCUT2D eigenvalue weighted by molar-refractivity contribution is -0.146. The van der Waals surface area contributed by atoms with Gasteiger partial charge in [-0.3, -0.25) is 4.79 Å². The molecule has 0 aliphatic carbocycles. The topological polar surface area (TPSA) is 88.1 Å². The molecular weight excluding hydrogens is 479 g/mol. The van der Waals surface area contributed by atoms with Gasteiger partial charge in [-0.15, -0.1) is 0 Å². The van der Waals surface area contributed by atoms with Crippen molar-refractivity contribution in [3.63, 3.8) is 0 Å². The van der Waals surface area contributed by atoms with Gasteiger partial charge in [0.1, 0.15) is 24.8 Å². The van der Waals surface area contributed by atoms with E-state index in [4.69, 9.17) is 18.9 Å². The Balaban J connectivity index is 1.45. The van der Waals surface area contributed by atoms with Crippen molar-refractivity contribution >= 4 is 24.0 Å². The minimum Gasteiger partial charge on any atom is -0.490 e. The van der Waals surface area contributed by atoms with Crippen LogP contribution in [0.4, 0.5) is 4.39 Å². The van der Waals surface area contributed by atoms with Gasteiger partial charge in [0.2, 0.25) is 0 Å². The van der Waals surface area contributed by atoms with E-state index in [-0.39, 0.29) is 44.2 Å². The second kappa shape index (κ2) is 16.7. The molecule has 2 aromatic carbocycles. The molecule has 0 saturated heterocycles. The van der Waals surface area contributed by atoms with E-state index in [0.29, 0.717) is 24.2 Å². The van der Waals surface area contributed by atoms with Crippen molar-refractivity contribution in [2.24, 2.45) is 0 Å². The molecule has 2 rings (SSSR count). The molecule has 0 fully saturated rings. The summed E-state index contributed by atoms with van der Waals surface area (Å²) in [5.41, 5.74) is 1.86. The lowest BCUT2D eigenvalue weighted by Crippen LogP contribution is -2.16. The Kier molecular flexibility index (Phi) is 13.2. The SMILES string of the molecule is C=C(CC(=O)OCCOc1ccc(C)cc1)C(=O)OCCCCCCOC(=O)/C=C/c1ccc(F)cc1.